The molecule has 0 spiro atoms. The van der Waals surface area contributed by atoms with Crippen LogP contribution in [0.15, 0.2) is 24.3 Å². The third-order valence-electron chi connectivity index (χ3n) is 5.10. The van der Waals surface area contributed by atoms with E-state index in [0.717, 1.165) is 19.8 Å². The van der Waals surface area contributed by atoms with E-state index < -0.39 is 0 Å². The zero-order chi connectivity index (χ0) is 17.4. The lowest BCUT2D eigenvalue weighted by molar-refractivity contribution is -0.00000529. The van der Waals surface area contributed by atoms with Crippen molar-refractivity contribution < 1.29 is 17.0 Å². The molecule has 1 fully saturated rings. The lowest BCUT2D eigenvalue weighted by atomic mass is 10.0. The van der Waals surface area contributed by atoms with Crippen molar-refractivity contribution in [3.05, 3.63) is 57.6 Å². The zero-order valence-electron chi connectivity index (χ0n) is 16.4. The Hall–Kier alpha value is -1.48. The van der Waals surface area contributed by atoms with Crippen molar-refractivity contribution in [3.8, 4) is 0 Å². The molecule has 136 valence electrons. The second kappa shape index (κ2) is 7.82. The Morgan fingerprint density at radius 3 is 1.24 bits per heavy atom. The van der Waals surface area contributed by atoms with Gasteiger partial charge in [0.05, 0.1) is 6.67 Å². The number of halogens is 1. The highest BCUT2D eigenvalue weighted by atomic mass is 79.9. The van der Waals surface area contributed by atoms with Gasteiger partial charge in [-0.2, -0.15) is 0 Å². The average Bonchev–Trinajstić information content (AvgIpc) is 2.45. The van der Waals surface area contributed by atoms with Crippen molar-refractivity contribution in [1.29, 1.82) is 0 Å². The predicted molar refractivity (Wildman–Crippen MR) is 105 cm³/mol. The van der Waals surface area contributed by atoms with Gasteiger partial charge < -0.3 is 26.8 Å². The van der Waals surface area contributed by atoms with Crippen LogP contribution in [0.25, 0.3) is 0 Å². The number of rotatable bonds is 2. The smallest absolute Gasteiger partial charge is 0.0903 e. The Balaban J connectivity index is 0.00000225. The molecule has 3 heteroatoms. The maximum Gasteiger partial charge on any atom is 0.0903 e. The van der Waals surface area contributed by atoms with Crippen molar-refractivity contribution in [1.82, 2.24) is 0 Å². The largest absolute Gasteiger partial charge is 1.00 e. The molecule has 1 saturated heterocycles. The predicted octanol–water partition coefficient (Wildman–Crippen LogP) is 2.22. The van der Waals surface area contributed by atoms with Crippen LogP contribution in [0.4, 0.5) is 11.4 Å². The summed E-state index contributed by atoms with van der Waals surface area (Å²) in [6.07, 6.45) is 1.21. The average molecular weight is 402 g/mol. The van der Waals surface area contributed by atoms with E-state index in [2.05, 4.69) is 75.6 Å². The van der Waals surface area contributed by atoms with Crippen molar-refractivity contribution in [2.45, 2.75) is 48.0 Å². The topological polar surface area (TPSA) is 6.48 Å². The van der Waals surface area contributed by atoms with E-state index in [4.69, 9.17) is 0 Å². The van der Waals surface area contributed by atoms with Crippen molar-refractivity contribution in [3.63, 3.8) is 0 Å². The van der Waals surface area contributed by atoms with Gasteiger partial charge in [-0.3, -0.25) is 0 Å². The van der Waals surface area contributed by atoms with Crippen LogP contribution in [0.2, 0.25) is 0 Å². The number of hydrogen-bond acceptors (Lipinski definition) is 2. The normalized spacial score (nSPS) is 14.5. The van der Waals surface area contributed by atoms with Crippen LogP contribution >= 0.6 is 0 Å². The summed E-state index contributed by atoms with van der Waals surface area (Å²) in [5.74, 6) is 0. The lowest BCUT2D eigenvalue weighted by Gasteiger charge is -2.41. The van der Waals surface area contributed by atoms with Gasteiger partial charge in [-0.1, -0.05) is 35.4 Å². The number of hydrogen-bond donors (Lipinski definition) is 0. The van der Waals surface area contributed by atoms with E-state index in [9.17, 15) is 0 Å². The van der Waals surface area contributed by atoms with E-state index in [1.165, 1.54) is 51.2 Å². The van der Waals surface area contributed by atoms with Gasteiger partial charge in [-0.15, -0.1) is 0 Å². The maximum atomic E-state index is 2.56. The molecule has 0 bridgehead atoms. The fourth-order valence-corrected chi connectivity index (χ4v) is 4.51. The minimum atomic E-state index is 0. The van der Waals surface area contributed by atoms with E-state index in [0.29, 0.717) is 0 Å². The number of anilines is 2. The second-order valence-electron chi connectivity index (χ2n) is 7.52. The molecule has 2 nitrogen and oxygen atoms in total. The highest BCUT2D eigenvalue weighted by molar-refractivity contribution is 5.65. The molecule has 0 radical (unpaired) electrons. The monoisotopic (exact) mass is 401 g/mol. The molecule has 1 aliphatic heterocycles. The molecule has 0 atom stereocenters. The highest BCUT2D eigenvalue weighted by Crippen LogP contribution is 2.32. The first kappa shape index (κ1) is 19.8. The molecule has 0 aromatic heterocycles. The molecule has 2 aromatic rings. The van der Waals surface area contributed by atoms with E-state index in [1.807, 2.05) is 0 Å². The molecule has 0 unspecified atom stereocenters. The maximum absolute atomic E-state index is 2.56. The van der Waals surface area contributed by atoms with Crippen LogP contribution in [-0.2, 0) is 0 Å². The molecule has 0 amide bonds. The molecule has 0 saturated carbocycles. The van der Waals surface area contributed by atoms with Crippen LogP contribution in [0.1, 0.15) is 39.8 Å². The summed E-state index contributed by atoms with van der Waals surface area (Å²) >= 11 is 0. The molecule has 1 heterocycles. The number of nitrogens with zero attached hydrogens (tertiary/aromatic N) is 2. The van der Waals surface area contributed by atoms with Gasteiger partial charge >= 0.3 is 0 Å². The SMILES string of the molecule is Cc1cc(C)c(N2CCCN(c3c(C)cc(C)cc3C)C2)c(C)c1.[Br-]. The molecule has 3 rings (SSSR count). The van der Waals surface area contributed by atoms with Crippen molar-refractivity contribution >= 4 is 11.4 Å². The first-order chi connectivity index (χ1) is 11.4. The van der Waals surface area contributed by atoms with Gasteiger partial charge in [0.15, 0.2) is 0 Å². The molecular formula is C22H30BrN2-. The first-order valence-corrected chi connectivity index (χ1v) is 9.02. The summed E-state index contributed by atoms with van der Waals surface area (Å²) in [6, 6.07) is 9.24. The minimum absolute atomic E-state index is 0. The third kappa shape index (κ3) is 4.03. The third-order valence-corrected chi connectivity index (χ3v) is 5.10. The van der Waals surface area contributed by atoms with Crippen molar-refractivity contribution in [2.75, 3.05) is 29.6 Å². The van der Waals surface area contributed by atoms with Gasteiger partial charge in [0.25, 0.3) is 0 Å². The van der Waals surface area contributed by atoms with Gasteiger partial charge in [0.1, 0.15) is 0 Å². The summed E-state index contributed by atoms with van der Waals surface area (Å²) in [4.78, 5) is 5.12. The Kier molecular flexibility index (Phi) is 6.21. The Labute approximate surface area is 163 Å². The summed E-state index contributed by atoms with van der Waals surface area (Å²) in [7, 11) is 0. The fraction of sp³-hybridized carbons (Fsp3) is 0.455. The molecule has 25 heavy (non-hydrogen) atoms. The summed E-state index contributed by atoms with van der Waals surface area (Å²) < 4.78 is 0. The number of benzene rings is 2. The summed E-state index contributed by atoms with van der Waals surface area (Å²) in [5, 5.41) is 0. The molecule has 0 aliphatic carbocycles. The highest BCUT2D eigenvalue weighted by Gasteiger charge is 2.22. The van der Waals surface area contributed by atoms with E-state index in [-0.39, 0.29) is 17.0 Å². The Morgan fingerprint density at radius 1 is 0.600 bits per heavy atom. The summed E-state index contributed by atoms with van der Waals surface area (Å²) in [5.41, 5.74) is 11.1. The Morgan fingerprint density at radius 2 is 0.920 bits per heavy atom. The van der Waals surface area contributed by atoms with Crippen LogP contribution < -0.4 is 26.8 Å². The summed E-state index contributed by atoms with van der Waals surface area (Å²) in [6.45, 7) is 16.6. The molecule has 1 aliphatic rings. The Bertz CT molecular complexity index is 657. The van der Waals surface area contributed by atoms with Crippen molar-refractivity contribution in [2.24, 2.45) is 0 Å². The van der Waals surface area contributed by atoms with Crippen LogP contribution in [0, 0.1) is 41.5 Å². The minimum Gasteiger partial charge on any atom is -1.00 e. The van der Waals surface area contributed by atoms with Crippen LogP contribution in [-0.4, -0.2) is 19.8 Å². The number of aryl methyl sites for hydroxylation is 6. The molecule has 0 N–H and O–H groups in total. The zero-order valence-corrected chi connectivity index (χ0v) is 18.0. The van der Waals surface area contributed by atoms with Gasteiger partial charge in [-0.25, -0.2) is 0 Å². The van der Waals surface area contributed by atoms with Crippen LogP contribution in [0.3, 0.4) is 0 Å². The van der Waals surface area contributed by atoms with Crippen LogP contribution in [0.5, 0.6) is 0 Å². The standard InChI is InChI=1S/C22H30N2.BrH/c1-15-10-17(3)21(18(4)11-15)23-8-7-9-24(14-23)22-19(5)12-16(2)13-20(22)6;/h10-13H,7-9,14H2,1-6H3;1H/p-1. The molecule has 2 aromatic carbocycles. The molecular weight excluding hydrogens is 372 g/mol. The van der Waals surface area contributed by atoms with Gasteiger partial charge in [0, 0.05) is 24.5 Å². The second-order valence-corrected chi connectivity index (χ2v) is 7.52. The van der Waals surface area contributed by atoms with E-state index >= 15 is 0 Å². The van der Waals surface area contributed by atoms with E-state index in [1.54, 1.807) is 0 Å². The first-order valence-electron chi connectivity index (χ1n) is 9.02. The van der Waals surface area contributed by atoms with Gasteiger partial charge in [-0.05, 0) is 70.2 Å². The quantitative estimate of drug-likeness (QED) is 0.760. The lowest BCUT2D eigenvalue weighted by Crippen LogP contribution is -3.00. The van der Waals surface area contributed by atoms with Gasteiger partial charge in [0.2, 0.25) is 0 Å². The fourth-order valence-electron chi connectivity index (χ4n) is 4.51.